The number of benzene rings is 2. The second kappa shape index (κ2) is 9.52. The van der Waals surface area contributed by atoms with Crippen LogP contribution in [0.3, 0.4) is 0 Å². The van der Waals surface area contributed by atoms with Crippen LogP contribution in [0.1, 0.15) is 72.7 Å². The highest BCUT2D eigenvalue weighted by Crippen LogP contribution is 2.34. The van der Waals surface area contributed by atoms with Crippen LogP contribution >= 0.6 is 0 Å². The molecule has 2 saturated heterocycles. The maximum absolute atomic E-state index is 16.3. The summed E-state index contributed by atoms with van der Waals surface area (Å²) in [5.74, 6) is -9.32. The molecule has 178 valence electrons. The smallest absolute Gasteiger partial charge is 0.255 e. The normalized spacial score (nSPS) is 42.4. The minimum absolute atomic E-state index is 0.290. The molecule has 1 N–H and O–H groups in total. The number of fused-ring (bicyclic) bond motifs is 1. The highest BCUT2D eigenvalue weighted by molar-refractivity contribution is 6.05. The third kappa shape index (κ3) is 4.53. The van der Waals surface area contributed by atoms with E-state index in [1.54, 1.807) is 0 Å². The van der Waals surface area contributed by atoms with Crippen LogP contribution in [-0.4, -0.2) is 59.7 Å². The van der Waals surface area contributed by atoms with Crippen LogP contribution < -0.4 is 10.1 Å². The van der Waals surface area contributed by atoms with Gasteiger partial charge in [-0.05, 0) is 30.1 Å². The van der Waals surface area contributed by atoms with Crippen molar-refractivity contribution in [2.45, 2.75) is 38.3 Å². The lowest BCUT2D eigenvalue weighted by Gasteiger charge is -2.29. The zero-order valence-electron chi connectivity index (χ0n) is 40.4. The van der Waals surface area contributed by atoms with Crippen LogP contribution in [0, 0.1) is 5.82 Å². The van der Waals surface area contributed by atoms with Crippen LogP contribution in [0.4, 0.5) is 4.39 Å². The first kappa shape index (κ1) is 7.86. The molecule has 0 bridgehead atoms. The van der Waals surface area contributed by atoms with E-state index in [0.717, 1.165) is 0 Å². The number of morpholine rings is 1. The fraction of sp³-hybridized carbons (Fsp3) is 0.400. The molecule has 0 saturated carbocycles. The highest BCUT2D eigenvalue weighted by Gasteiger charge is 2.40. The molecular formula is C25H26FN3O5. The van der Waals surface area contributed by atoms with Gasteiger partial charge in [0.25, 0.3) is 5.91 Å². The Labute approximate surface area is 230 Å². The third-order valence-corrected chi connectivity index (χ3v) is 4.23. The number of nitrogens with one attached hydrogen (secondary N) is 1. The van der Waals surface area contributed by atoms with Gasteiger partial charge in [-0.15, -0.1) is 0 Å². The fourth-order valence-corrected chi connectivity index (χ4v) is 2.77. The van der Waals surface area contributed by atoms with Crippen molar-refractivity contribution in [1.29, 1.82) is 0 Å². The van der Waals surface area contributed by atoms with Crippen molar-refractivity contribution in [2.24, 2.45) is 0 Å². The van der Waals surface area contributed by atoms with E-state index >= 15 is 4.39 Å². The number of carbonyl (C=O) groups is 3. The Hall–Kier alpha value is -3.30. The molecular weight excluding hydrogens is 441 g/mol. The molecule has 2 aromatic rings. The van der Waals surface area contributed by atoms with Crippen molar-refractivity contribution in [3.8, 4) is 5.75 Å². The summed E-state index contributed by atoms with van der Waals surface area (Å²) >= 11 is 0. The summed E-state index contributed by atoms with van der Waals surface area (Å²) in [6.07, 6.45) is -7.37. The van der Waals surface area contributed by atoms with Gasteiger partial charge >= 0.3 is 0 Å². The standard InChI is InChI=1S/C25H26FN3O5/c26-20-12-16(13-28-8-10-33-11-9-28)4-5-17(20)15-34-22-3-1-2-18-19(22)14-29(25(18)32)21-6-7-23(30)27-24(21)31/h1-5,12,21H,6-11,13-15H2,(H,27,30,31)/t21-/m1/s1/i1D,2D,3D,4D,5D,6D2,7D2,8D2,9D2,10D2,11D2,12D,13D2,14D2,15D2. The van der Waals surface area contributed by atoms with E-state index in [1.165, 1.54) is 5.32 Å². The maximum Gasteiger partial charge on any atom is 0.255 e. The van der Waals surface area contributed by atoms with E-state index in [0.29, 0.717) is 0 Å². The van der Waals surface area contributed by atoms with Gasteiger partial charge in [0, 0.05) is 56.3 Å². The van der Waals surface area contributed by atoms with Gasteiger partial charge in [0.1, 0.15) is 24.2 Å². The number of rotatable bonds is 6. The Morgan fingerprint density at radius 1 is 1.24 bits per heavy atom. The molecule has 8 nitrogen and oxygen atoms in total. The van der Waals surface area contributed by atoms with E-state index in [-0.39, 0.29) is 4.90 Å². The topological polar surface area (TPSA) is 88.2 Å². The van der Waals surface area contributed by atoms with E-state index in [9.17, 15) is 14.4 Å². The van der Waals surface area contributed by atoms with Gasteiger partial charge in [-0.1, -0.05) is 18.1 Å². The molecule has 3 aliphatic rings. The zero-order valence-corrected chi connectivity index (χ0v) is 16.4. The first-order valence-electron chi connectivity index (χ1n) is 21.1. The van der Waals surface area contributed by atoms with Crippen molar-refractivity contribution in [3.05, 3.63) is 64.3 Å². The molecule has 2 aromatic carbocycles. The van der Waals surface area contributed by atoms with Crippen molar-refractivity contribution < 1.29 is 61.1 Å². The van der Waals surface area contributed by atoms with Gasteiger partial charge in [-0.3, -0.25) is 24.6 Å². The number of amides is 3. The Morgan fingerprint density at radius 3 is 2.88 bits per heavy atom. The molecule has 3 aliphatic heterocycles. The first-order chi connectivity index (χ1) is 25.7. The van der Waals surface area contributed by atoms with Gasteiger partial charge in [-0.25, -0.2) is 4.39 Å². The number of halogens is 1. The minimum Gasteiger partial charge on any atom is -0.488 e. The Bertz CT molecular complexity index is 2140. The van der Waals surface area contributed by atoms with Crippen molar-refractivity contribution in [3.63, 3.8) is 0 Å². The predicted molar refractivity (Wildman–Crippen MR) is 119 cm³/mol. The zero-order chi connectivity index (χ0) is 45.0. The van der Waals surface area contributed by atoms with Crippen LogP contribution in [0.2, 0.25) is 0 Å². The predicted octanol–water partition coefficient (Wildman–Crippen LogP) is 2.00. The maximum atomic E-state index is 16.3. The molecule has 0 spiro atoms. The number of piperidine rings is 1. The van der Waals surface area contributed by atoms with Crippen LogP contribution in [0.5, 0.6) is 5.75 Å². The number of imide groups is 1. The van der Waals surface area contributed by atoms with E-state index in [4.69, 9.17) is 37.6 Å². The number of carbonyl (C=O) groups excluding carboxylic acids is 3. The van der Waals surface area contributed by atoms with E-state index in [2.05, 4.69) is 4.74 Å². The third-order valence-electron chi connectivity index (χ3n) is 4.23. The Morgan fingerprint density at radius 2 is 2.06 bits per heavy atom. The molecule has 0 unspecified atom stereocenters. The lowest BCUT2D eigenvalue weighted by molar-refractivity contribution is -0.136. The van der Waals surface area contributed by atoms with Gasteiger partial charge in [-0.2, -0.15) is 0 Å². The monoisotopic (exact) mass is 491 g/mol. The summed E-state index contributed by atoms with van der Waals surface area (Å²) in [4.78, 5) is 37.8. The van der Waals surface area contributed by atoms with Crippen molar-refractivity contribution in [1.82, 2.24) is 15.1 Å². The number of hydrogen-bond acceptors (Lipinski definition) is 6. The molecule has 2 fully saturated rings. The number of hydrogen-bond donors (Lipinski definition) is 1. The summed E-state index contributed by atoms with van der Waals surface area (Å²) in [6, 6.07) is -12.4. The van der Waals surface area contributed by atoms with Gasteiger partial charge in [0.15, 0.2) is 0 Å². The molecule has 1 atom stereocenters. The summed E-state index contributed by atoms with van der Waals surface area (Å²) in [6.45, 7) is -27.8. The second-order valence-electron chi connectivity index (χ2n) is 6.35. The Kier molecular flexibility index (Phi) is 2.20. The number of ether oxygens (including phenoxy) is 2. The average molecular weight is 492 g/mol. The van der Waals surface area contributed by atoms with Crippen LogP contribution in [0.15, 0.2) is 36.3 Å². The molecule has 0 aliphatic carbocycles. The molecule has 34 heavy (non-hydrogen) atoms. The summed E-state index contributed by atoms with van der Waals surface area (Å²) in [5.41, 5.74) is -6.30. The Balaban J connectivity index is 1.71. The summed E-state index contributed by atoms with van der Waals surface area (Å²) < 4.78 is 224. The van der Waals surface area contributed by atoms with Crippen molar-refractivity contribution >= 4 is 17.7 Å². The molecule has 5 rings (SSSR count). The lowest BCUT2D eigenvalue weighted by Crippen LogP contribution is -2.52. The number of nitrogens with zero attached hydrogens (tertiary/aromatic N) is 2. The SMILES string of the molecule is [2H]c1c([2H])c(OC([2H])([2H])c2c([2H])c([2H])c(C([2H])([2H])N3C([2H])([2H])C([2H])([2H])OC([2H])([2H])C3([2H])[2H])c([2H])c2F)c2c(c1[2H])C(=O)N([C@H]1C(=O)NC(=O)C([2H])([2H])C1([2H])[2H])C2([2H])[2H]. The second-order valence-corrected chi connectivity index (χ2v) is 6.35. The fourth-order valence-electron chi connectivity index (χ4n) is 2.77. The quantitative estimate of drug-likeness (QED) is 0.622. The van der Waals surface area contributed by atoms with Gasteiger partial charge < -0.3 is 14.4 Å². The molecule has 9 heteroatoms. The van der Waals surface area contributed by atoms with E-state index in [1.807, 2.05) is 0 Å². The van der Waals surface area contributed by atoms with Gasteiger partial charge in [0.2, 0.25) is 11.8 Å². The lowest BCUT2D eigenvalue weighted by atomic mass is 10.0. The molecule has 0 radical (unpaired) electrons. The first-order valence-corrected chi connectivity index (χ1v) is 9.07. The molecule has 3 heterocycles. The van der Waals surface area contributed by atoms with Gasteiger partial charge in [0.05, 0.1) is 38.8 Å². The van der Waals surface area contributed by atoms with Crippen LogP contribution in [0.25, 0.3) is 0 Å². The average Bonchev–Trinajstić information content (AvgIpc) is 3.23. The van der Waals surface area contributed by atoms with Crippen LogP contribution in [-0.2, 0) is 33.9 Å². The van der Waals surface area contributed by atoms with E-state index < -0.39 is 157 Å². The van der Waals surface area contributed by atoms with Crippen molar-refractivity contribution in [2.75, 3.05) is 26.1 Å². The highest BCUT2D eigenvalue weighted by atomic mass is 19.1. The molecule has 0 aromatic heterocycles. The summed E-state index contributed by atoms with van der Waals surface area (Å²) in [7, 11) is 0. The summed E-state index contributed by atoms with van der Waals surface area (Å²) in [5, 5.41) is 1.45. The minimum atomic E-state index is -4.16. The largest absolute Gasteiger partial charge is 0.488 e. The molecule has 3 amide bonds.